The highest BCUT2D eigenvalue weighted by molar-refractivity contribution is 5.95. The number of allylic oxidation sites excluding steroid dienone is 1. The van der Waals surface area contributed by atoms with Crippen LogP contribution in [0.5, 0.6) is 0 Å². The van der Waals surface area contributed by atoms with Crippen LogP contribution < -0.4 is 5.32 Å². The summed E-state index contributed by atoms with van der Waals surface area (Å²) >= 11 is 0. The number of carbonyl (C=O) groups excluding carboxylic acids is 3. The smallest absolute Gasteiger partial charge is 0.411 e. The van der Waals surface area contributed by atoms with Crippen molar-refractivity contribution in [2.75, 3.05) is 6.54 Å². The first-order valence-corrected chi connectivity index (χ1v) is 13.2. The lowest BCUT2D eigenvalue weighted by Gasteiger charge is -2.29. The van der Waals surface area contributed by atoms with Crippen molar-refractivity contribution < 1.29 is 28.6 Å². The van der Waals surface area contributed by atoms with Gasteiger partial charge in [0.2, 0.25) is 5.91 Å². The van der Waals surface area contributed by atoms with Gasteiger partial charge in [-0.2, -0.15) is 0 Å². The lowest BCUT2D eigenvalue weighted by molar-refractivity contribution is -0.146. The van der Waals surface area contributed by atoms with Crippen molar-refractivity contribution in [1.29, 1.82) is 0 Å². The normalized spacial score (nSPS) is 24.7. The van der Waals surface area contributed by atoms with Gasteiger partial charge < -0.3 is 19.5 Å². The monoisotopic (exact) mass is 522 g/mol. The quantitative estimate of drug-likeness (QED) is 0.383. The molecule has 204 valence electrons. The maximum atomic E-state index is 13.6. The summed E-state index contributed by atoms with van der Waals surface area (Å²) in [4.78, 5) is 41.0. The van der Waals surface area contributed by atoms with Crippen molar-refractivity contribution in [3.8, 4) is 0 Å². The number of fused-ring (bicyclic) bond motifs is 1. The van der Waals surface area contributed by atoms with Gasteiger partial charge in [-0.25, -0.2) is 9.59 Å². The molecule has 1 aliphatic heterocycles. The molecule has 2 aromatic carbocycles. The van der Waals surface area contributed by atoms with E-state index in [2.05, 4.69) is 30.1 Å². The van der Waals surface area contributed by atoms with E-state index in [0.29, 0.717) is 19.4 Å². The highest BCUT2D eigenvalue weighted by Crippen LogP contribution is 2.47. The van der Waals surface area contributed by atoms with Gasteiger partial charge >= 0.3 is 12.1 Å². The molecule has 38 heavy (non-hydrogen) atoms. The Kier molecular flexibility index (Phi) is 7.83. The molecule has 1 saturated heterocycles. The van der Waals surface area contributed by atoms with Gasteiger partial charge in [-0.1, -0.05) is 62.4 Å². The molecule has 0 radical (unpaired) electrons. The first-order valence-electron chi connectivity index (χ1n) is 13.2. The number of esters is 1. The molecule has 1 saturated carbocycles. The highest BCUT2D eigenvalue weighted by atomic mass is 16.6. The standard InChI is InChI=1S/C30H38N2O6/c1-7-22-16-30(22,27(34)37-19(2)3)31-26(33)25-15-23(17-32(25)28(35)38-29(4,5)6)36-18-21-13-10-12-20-11-8-9-14-24(20)21/h8-14,22-23,25H,2,7,15-18H2,1,3-6H3,(H,31,33)/t22-,23+,25-,30+/m0/s1. The van der Waals surface area contributed by atoms with Crippen molar-refractivity contribution in [2.24, 2.45) is 5.92 Å². The minimum Gasteiger partial charge on any atom is -0.444 e. The summed E-state index contributed by atoms with van der Waals surface area (Å²) in [5.74, 6) is -0.700. The van der Waals surface area contributed by atoms with Crippen molar-refractivity contribution >= 4 is 28.7 Å². The molecule has 2 fully saturated rings. The summed E-state index contributed by atoms with van der Waals surface area (Å²) in [6.45, 7) is 13.1. The van der Waals surface area contributed by atoms with Crippen molar-refractivity contribution in [3.05, 3.63) is 60.4 Å². The number of hydrogen-bond acceptors (Lipinski definition) is 6. The van der Waals surface area contributed by atoms with Gasteiger partial charge in [0.25, 0.3) is 0 Å². The summed E-state index contributed by atoms with van der Waals surface area (Å²) in [5.41, 5.74) is -0.798. The number of nitrogens with one attached hydrogen (secondary N) is 1. The van der Waals surface area contributed by atoms with Crippen LogP contribution in [0.25, 0.3) is 10.8 Å². The van der Waals surface area contributed by atoms with E-state index in [1.807, 2.05) is 31.2 Å². The number of likely N-dealkylation sites (tertiary alicyclic amines) is 1. The van der Waals surface area contributed by atoms with E-state index in [-0.39, 0.29) is 30.7 Å². The molecule has 1 aliphatic carbocycles. The molecule has 1 N–H and O–H groups in total. The third kappa shape index (κ3) is 6.01. The van der Waals surface area contributed by atoms with E-state index in [0.717, 1.165) is 16.3 Å². The number of amides is 2. The number of carbonyl (C=O) groups is 3. The Morgan fingerprint density at radius 1 is 1.13 bits per heavy atom. The van der Waals surface area contributed by atoms with Crippen LogP contribution in [0.4, 0.5) is 4.79 Å². The first kappa shape index (κ1) is 27.6. The Bertz CT molecular complexity index is 1230. The average Bonchev–Trinajstić information content (AvgIpc) is 3.39. The van der Waals surface area contributed by atoms with Crippen molar-refractivity contribution in [2.45, 2.75) is 83.8 Å². The van der Waals surface area contributed by atoms with E-state index in [9.17, 15) is 14.4 Å². The number of ether oxygens (including phenoxy) is 3. The average molecular weight is 523 g/mol. The van der Waals surface area contributed by atoms with Gasteiger partial charge in [-0.3, -0.25) is 9.69 Å². The Morgan fingerprint density at radius 3 is 2.50 bits per heavy atom. The summed E-state index contributed by atoms with van der Waals surface area (Å²) in [6.07, 6.45) is 0.523. The third-order valence-corrected chi connectivity index (χ3v) is 7.12. The van der Waals surface area contributed by atoms with Crippen LogP contribution >= 0.6 is 0 Å². The van der Waals surface area contributed by atoms with Gasteiger partial charge in [0, 0.05) is 6.42 Å². The maximum Gasteiger partial charge on any atom is 0.411 e. The van der Waals surface area contributed by atoms with E-state index in [1.54, 1.807) is 27.7 Å². The minimum atomic E-state index is -1.10. The number of nitrogens with zero attached hydrogens (tertiary/aromatic N) is 1. The zero-order valence-corrected chi connectivity index (χ0v) is 22.9. The fraction of sp³-hybridized carbons (Fsp3) is 0.500. The second-order valence-corrected chi connectivity index (χ2v) is 11.3. The Hall–Kier alpha value is -3.39. The van der Waals surface area contributed by atoms with Crippen LogP contribution in [0.15, 0.2) is 54.8 Å². The molecular weight excluding hydrogens is 484 g/mol. The molecular formula is C30H38N2O6. The predicted octanol–water partition coefficient (Wildman–Crippen LogP) is 5.10. The van der Waals surface area contributed by atoms with Gasteiger partial charge in [-0.05, 0) is 56.4 Å². The van der Waals surface area contributed by atoms with Crippen LogP contribution in [-0.2, 0) is 30.4 Å². The summed E-state index contributed by atoms with van der Waals surface area (Å²) in [6, 6.07) is 13.3. The fourth-order valence-corrected chi connectivity index (χ4v) is 5.14. The zero-order valence-electron chi connectivity index (χ0n) is 22.9. The molecule has 0 spiro atoms. The van der Waals surface area contributed by atoms with Crippen molar-refractivity contribution in [1.82, 2.24) is 10.2 Å². The second kappa shape index (κ2) is 10.8. The van der Waals surface area contributed by atoms with Crippen LogP contribution in [0.2, 0.25) is 0 Å². The Labute approximate surface area is 224 Å². The molecule has 8 heteroatoms. The minimum absolute atomic E-state index is 0.0342. The second-order valence-electron chi connectivity index (χ2n) is 11.3. The van der Waals surface area contributed by atoms with Crippen molar-refractivity contribution in [3.63, 3.8) is 0 Å². The van der Waals surface area contributed by atoms with Gasteiger partial charge in [0.15, 0.2) is 0 Å². The zero-order chi connectivity index (χ0) is 27.7. The third-order valence-electron chi connectivity index (χ3n) is 7.12. The number of benzene rings is 2. The predicted molar refractivity (Wildman–Crippen MR) is 144 cm³/mol. The largest absolute Gasteiger partial charge is 0.444 e. The van der Waals surface area contributed by atoms with Crippen LogP contribution in [0.1, 0.15) is 59.4 Å². The SMILES string of the molecule is C=C(C)OC(=O)[C@@]1(NC(=O)[C@@H]2C[C@@H](OCc3cccc4ccccc34)CN2C(=O)OC(C)(C)C)C[C@@H]1CC. The highest BCUT2D eigenvalue weighted by Gasteiger charge is 2.62. The Balaban J connectivity index is 1.51. The van der Waals surface area contributed by atoms with E-state index < -0.39 is 35.2 Å². The molecule has 0 bridgehead atoms. The van der Waals surface area contributed by atoms with Crippen LogP contribution in [-0.4, -0.2) is 52.7 Å². The lowest BCUT2D eigenvalue weighted by Crippen LogP contribution is -2.53. The molecule has 1 heterocycles. The molecule has 4 atom stereocenters. The van der Waals surface area contributed by atoms with Gasteiger partial charge in [-0.15, -0.1) is 0 Å². The molecule has 2 aliphatic rings. The molecule has 0 aromatic heterocycles. The molecule has 0 unspecified atom stereocenters. The Morgan fingerprint density at radius 2 is 1.84 bits per heavy atom. The van der Waals surface area contributed by atoms with E-state index >= 15 is 0 Å². The summed E-state index contributed by atoms with van der Waals surface area (Å²) in [5, 5.41) is 5.14. The maximum absolute atomic E-state index is 13.6. The van der Waals surface area contributed by atoms with E-state index in [1.165, 1.54) is 4.90 Å². The summed E-state index contributed by atoms with van der Waals surface area (Å²) in [7, 11) is 0. The van der Waals surface area contributed by atoms with E-state index in [4.69, 9.17) is 14.2 Å². The van der Waals surface area contributed by atoms with Crippen LogP contribution in [0.3, 0.4) is 0 Å². The fourth-order valence-electron chi connectivity index (χ4n) is 5.14. The summed E-state index contributed by atoms with van der Waals surface area (Å²) < 4.78 is 17.1. The lowest BCUT2D eigenvalue weighted by atomic mass is 10.1. The first-order chi connectivity index (χ1) is 17.9. The van der Waals surface area contributed by atoms with Crippen LogP contribution in [0, 0.1) is 5.92 Å². The molecule has 4 rings (SSSR count). The molecule has 2 aromatic rings. The number of hydrogen-bond donors (Lipinski definition) is 1. The van der Waals surface area contributed by atoms with Gasteiger partial charge in [0.1, 0.15) is 17.2 Å². The van der Waals surface area contributed by atoms with Gasteiger partial charge in [0.05, 0.1) is 25.0 Å². The molecule has 8 nitrogen and oxygen atoms in total. The topological polar surface area (TPSA) is 94.2 Å². The number of rotatable bonds is 8. The molecule has 2 amide bonds.